The molecule has 4 rings (SSSR count). The number of anilines is 2. The molecule has 2 heterocycles. The molecule has 0 spiro atoms. The highest BCUT2D eigenvalue weighted by Crippen LogP contribution is 2.35. The molecule has 0 bridgehead atoms. The molecule has 0 atom stereocenters. The molecule has 0 unspecified atom stereocenters. The Morgan fingerprint density at radius 1 is 1.00 bits per heavy atom. The molecule has 1 saturated heterocycles. The van der Waals surface area contributed by atoms with Crippen LogP contribution in [0.5, 0.6) is 5.75 Å². The summed E-state index contributed by atoms with van der Waals surface area (Å²) in [5.41, 5.74) is 2.97. The molecule has 8 nitrogen and oxygen atoms in total. The third-order valence-corrected chi connectivity index (χ3v) is 7.78. The maximum Gasteiger partial charge on any atom is 0.265 e. The fraction of sp³-hybridized carbons (Fsp3) is 0.417. The lowest BCUT2D eigenvalue weighted by atomic mass is 10.1. The Morgan fingerprint density at radius 3 is 2.33 bits per heavy atom. The summed E-state index contributed by atoms with van der Waals surface area (Å²) in [7, 11) is -3.71. The molecule has 2 aliphatic heterocycles. The molecule has 9 heteroatoms. The molecule has 2 amide bonds. The zero-order valence-corrected chi connectivity index (χ0v) is 19.8. The summed E-state index contributed by atoms with van der Waals surface area (Å²) in [5, 5.41) is 2.83. The molecule has 2 aliphatic rings. The number of ether oxygens (including phenoxy) is 1. The number of nitrogens with one attached hydrogen (secondary N) is 1. The first-order chi connectivity index (χ1) is 15.7. The topological polar surface area (TPSA) is 96.0 Å². The number of hydrogen-bond donors (Lipinski definition) is 1. The van der Waals surface area contributed by atoms with Gasteiger partial charge in [-0.3, -0.25) is 14.5 Å². The van der Waals surface area contributed by atoms with Gasteiger partial charge in [-0.05, 0) is 68.1 Å². The molecule has 1 N–H and O–H groups in total. The molecule has 0 saturated carbocycles. The minimum Gasteiger partial charge on any atom is -0.482 e. The van der Waals surface area contributed by atoms with Gasteiger partial charge in [-0.1, -0.05) is 18.9 Å². The lowest BCUT2D eigenvalue weighted by Crippen LogP contribution is -2.43. The van der Waals surface area contributed by atoms with E-state index >= 15 is 0 Å². The van der Waals surface area contributed by atoms with E-state index in [0.717, 1.165) is 36.8 Å². The lowest BCUT2D eigenvalue weighted by molar-refractivity contribution is -0.123. The minimum atomic E-state index is -3.71. The van der Waals surface area contributed by atoms with Crippen LogP contribution in [0.2, 0.25) is 0 Å². The number of carbonyl (C=O) groups is 2. The van der Waals surface area contributed by atoms with Crippen molar-refractivity contribution in [2.24, 2.45) is 0 Å². The summed E-state index contributed by atoms with van der Waals surface area (Å²) in [6, 6.07) is 10.2. The van der Waals surface area contributed by atoms with Crippen molar-refractivity contribution < 1.29 is 22.7 Å². The Balaban J connectivity index is 1.58. The summed E-state index contributed by atoms with van der Waals surface area (Å²) < 4.78 is 33.5. The van der Waals surface area contributed by atoms with Crippen LogP contribution in [0.1, 0.15) is 36.8 Å². The quantitative estimate of drug-likeness (QED) is 0.722. The Labute approximate surface area is 194 Å². The number of benzene rings is 2. The lowest BCUT2D eigenvalue weighted by Gasteiger charge is -2.30. The van der Waals surface area contributed by atoms with Crippen LogP contribution in [0.3, 0.4) is 0 Å². The first kappa shape index (κ1) is 23.3. The van der Waals surface area contributed by atoms with Gasteiger partial charge in [-0.15, -0.1) is 0 Å². The average Bonchev–Trinajstić information content (AvgIpc) is 3.05. The van der Waals surface area contributed by atoms with Crippen molar-refractivity contribution in [1.29, 1.82) is 0 Å². The van der Waals surface area contributed by atoms with Crippen molar-refractivity contribution in [1.82, 2.24) is 4.31 Å². The first-order valence-electron chi connectivity index (χ1n) is 11.2. The Morgan fingerprint density at radius 2 is 1.67 bits per heavy atom. The van der Waals surface area contributed by atoms with Crippen molar-refractivity contribution in [3.05, 3.63) is 47.5 Å². The van der Waals surface area contributed by atoms with Crippen LogP contribution in [-0.4, -0.2) is 50.8 Å². The molecule has 0 aromatic heterocycles. The number of hydrogen-bond acceptors (Lipinski definition) is 5. The number of carbonyl (C=O) groups excluding carboxylic acids is 2. The van der Waals surface area contributed by atoms with Gasteiger partial charge < -0.3 is 10.1 Å². The highest BCUT2D eigenvalue weighted by atomic mass is 32.2. The van der Waals surface area contributed by atoms with E-state index in [2.05, 4.69) is 5.32 Å². The van der Waals surface area contributed by atoms with Crippen molar-refractivity contribution in [2.45, 2.75) is 44.4 Å². The van der Waals surface area contributed by atoms with Crippen molar-refractivity contribution in [3.63, 3.8) is 0 Å². The van der Waals surface area contributed by atoms with E-state index in [1.807, 2.05) is 32.0 Å². The summed E-state index contributed by atoms with van der Waals surface area (Å²) in [6.45, 7) is 4.40. The molecule has 1 fully saturated rings. The van der Waals surface area contributed by atoms with Gasteiger partial charge in [0.15, 0.2) is 6.61 Å². The second-order valence-corrected chi connectivity index (χ2v) is 10.6. The normalized spacial score (nSPS) is 17.2. The maximum absolute atomic E-state index is 13.2. The van der Waals surface area contributed by atoms with E-state index in [9.17, 15) is 18.0 Å². The summed E-state index contributed by atoms with van der Waals surface area (Å²) >= 11 is 0. The second-order valence-electron chi connectivity index (χ2n) is 8.64. The molecule has 2 aromatic carbocycles. The van der Waals surface area contributed by atoms with Gasteiger partial charge in [0.25, 0.3) is 5.91 Å². The highest BCUT2D eigenvalue weighted by Gasteiger charge is 2.31. The summed E-state index contributed by atoms with van der Waals surface area (Å²) in [4.78, 5) is 26.8. The first-order valence-corrected chi connectivity index (χ1v) is 12.6. The number of rotatable bonds is 5. The molecular formula is C24H29N3O5S. The fourth-order valence-corrected chi connectivity index (χ4v) is 5.88. The van der Waals surface area contributed by atoms with E-state index < -0.39 is 15.9 Å². The zero-order chi connectivity index (χ0) is 23.6. The van der Waals surface area contributed by atoms with Gasteiger partial charge in [-0.25, -0.2) is 8.42 Å². The largest absolute Gasteiger partial charge is 0.482 e. The number of fused-ring (bicyclic) bond motifs is 1. The third kappa shape index (κ3) is 5.20. The molecule has 33 heavy (non-hydrogen) atoms. The zero-order valence-electron chi connectivity index (χ0n) is 19.0. The second kappa shape index (κ2) is 9.52. The van der Waals surface area contributed by atoms with E-state index in [1.54, 1.807) is 6.07 Å². The molecule has 2 aromatic rings. The van der Waals surface area contributed by atoms with E-state index in [-0.39, 0.29) is 29.6 Å². The fourth-order valence-electron chi connectivity index (χ4n) is 4.34. The monoisotopic (exact) mass is 471 g/mol. The third-order valence-electron chi connectivity index (χ3n) is 5.88. The Bertz CT molecular complexity index is 1150. The van der Waals surface area contributed by atoms with Crippen LogP contribution in [0, 0.1) is 13.8 Å². The van der Waals surface area contributed by atoms with Crippen LogP contribution in [0.25, 0.3) is 0 Å². The average molecular weight is 472 g/mol. The number of nitrogens with zero attached hydrogens (tertiary/aromatic N) is 2. The standard InChI is InChI=1S/C24H29N3O5S/c1-17-11-18(2)13-19(12-17)25-23(28)15-27-21-14-20(7-8-22(21)32-16-24(27)29)33(30,31)26-9-5-3-4-6-10-26/h7-8,11-14H,3-6,9-10,15-16H2,1-2H3,(H,25,28). The van der Waals surface area contributed by atoms with Crippen LogP contribution in [0.4, 0.5) is 11.4 Å². The van der Waals surface area contributed by atoms with Gasteiger partial charge in [-0.2, -0.15) is 4.31 Å². The van der Waals surface area contributed by atoms with Gasteiger partial charge >= 0.3 is 0 Å². The Hall–Kier alpha value is -2.91. The van der Waals surface area contributed by atoms with Crippen LogP contribution >= 0.6 is 0 Å². The SMILES string of the molecule is Cc1cc(C)cc(NC(=O)CN2C(=O)COc3ccc(S(=O)(=O)N4CCCCCC4)cc32)c1. The Kier molecular flexibility index (Phi) is 6.71. The van der Waals surface area contributed by atoms with Crippen LogP contribution in [-0.2, 0) is 19.6 Å². The van der Waals surface area contributed by atoms with Crippen molar-refractivity contribution in [2.75, 3.05) is 36.5 Å². The predicted molar refractivity (Wildman–Crippen MR) is 126 cm³/mol. The van der Waals surface area contributed by atoms with Crippen LogP contribution in [0.15, 0.2) is 41.3 Å². The van der Waals surface area contributed by atoms with Crippen molar-refractivity contribution >= 4 is 33.2 Å². The molecule has 0 aliphatic carbocycles. The number of aryl methyl sites for hydroxylation is 2. The molecular weight excluding hydrogens is 442 g/mol. The minimum absolute atomic E-state index is 0.0983. The summed E-state index contributed by atoms with van der Waals surface area (Å²) in [6.07, 6.45) is 3.69. The van der Waals surface area contributed by atoms with Gasteiger partial charge in [0.05, 0.1) is 10.6 Å². The summed E-state index contributed by atoms with van der Waals surface area (Å²) in [5.74, 6) is -0.395. The van der Waals surface area contributed by atoms with Crippen molar-refractivity contribution in [3.8, 4) is 5.75 Å². The smallest absolute Gasteiger partial charge is 0.265 e. The van der Waals surface area contributed by atoms with Gasteiger partial charge in [0, 0.05) is 18.8 Å². The number of amides is 2. The van der Waals surface area contributed by atoms with E-state index in [4.69, 9.17) is 4.74 Å². The number of sulfonamides is 1. The van der Waals surface area contributed by atoms with E-state index in [1.165, 1.54) is 21.3 Å². The van der Waals surface area contributed by atoms with E-state index in [0.29, 0.717) is 24.5 Å². The van der Waals surface area contributed by atoms with Gasteiger partial charge in [0.1, 0.15) is 12.3 Å². The van der Waals surface area contributed by atoms with Gasteiger partial charge in [0.2, 0.25) is 15.9 Å². The molecule has 176 valence electrons. The highest BCUT2D eigenvalue weighted by molar-refractivity contribution is 7.89. The predicted octanol–water partition coefficient (Wildman–Crippen LogP) is 3.23. The molecule has 0 radical (unpaired) electrons. The maximum atomic E-state index is 13.2. The van der Waals surface area contributed by atoms with Crippen LogP contribution < -0.4 is 15.0 Å².